The largest absolute Gasteiger partial charge is 0.341 e. The van der Waals surface area contributed by atoms with Crippen LogP contribution in [0.3, 0.4) is 0 Å². The van der Waals surface area contributed by atoms with Crippen molar-refractivity contribution >= 4 is 15.7 Å². The summed E-state index contributed by atoms with van der Waals surface area (Å²) >= 11 is 0. The number of piperidine rings is 1. The summed E-state index contributed by atoms with van der Waals surface area (Å²) in [7, 11) is -3.06. The van der Waals surface area contributed by atoms with Crippen LogP contribution in [-0.2, 0) is 14.6 Å². The first-order valence-electron chi connectivity index (χ1n) is 7.41. The molecule has 0 aromatic rings. The molecule has 1 saturated heterocycles. The number of nitrogens with zero attached hydrogens (tertiary/aromatic N) is 1. The van der Waals surface area contributed by atoms with Crippen molar-refractivity contribution in [3.05, 3.63) is 0 Å². The molecule has 1 amide bonds. The Morgan fingerprint density at radius 1 is 1.40 bits per heavy atom. The van der Waals surface area contributed by atoms with E-state index in [0.717, 1.165) is 25.9 Å². The van der Waals surface area contributed by atoms with Crippen molar-refractivity contribution in [2.75, 3.05) is 25.1 Å². The second-order valence-corrected chi connectivity index (χ2v) is 8.71. The highest BCUT2D eigenvalue weighted by Gasteiger charge is 2.27. The molecule has 5 nitrogen and oxygen atoms in total. The molecule has 20 heavy (non-hydrogen) atoms. The quantitative estimate of drug-likeness (QED) is 0.795. The predicted octanol–water partition coefficient (Wildman–Crippen LogP) is 1.03. The minimum Gasteiger partial charge on any atom is -0.341 e. The van der Waals surface area contributed by atoms with Crippen LogP contribution in [0.15, 0.2) is 0 Å². The maximum atomic E-state index is 12.3. The lowest BCUT2D eigenvalue weighted by Gasteiger charge is -2.35. The summed E-state index contributed by atoms with van der Waals surface area (Å²) in [6.45, 7) is 5.90. The van der Waals surface area contributed by atoms with E-state index in [2.05, 4.69) is 13.8 Å². The van der Waals surface area contributed by atoms with Crippen molar-refractivity contribution in [1.29, 1.82) is 0 Å². The summed E-state index contributed by atoms with van der Waals surface area (Å²) in [4.78, 5) is 14.1. The van der Waals surface area contributed by atoms with Gasteiger partial charge in [-0.15, -0.1) is 0 Å². The zero-order valence-corrected chi connectivity index (χ0v) is 13.7. The zero-order valence-electron chi connectivity index (χ0n) is 12.8. The van der Waals surface area contributed by atoms with Crippen LogP contribution >= 0.6 is 0 Å². The Morgan fingerprint density at radius 3 is 2.60 bits per heavy atom. The Morgan fingerprint density at radius 2 is 2.05 bits per heavy atom. The Labute approximate surface area is 122 Å². The van der Waals surface area contributed by atoms with E-state index in [1.54, 1.807) is 0 Å². The summed E-state index contributed by atoms with van der Waals surface area (Å²) < 4.78 is 22.3. The number of hydrogen-bond acceptors (Lipinski definition) is 4. The van der Waals surface area contributed by atoms with Gasteiger partial charge in [0.1, 0.15) is 9.84 Å². The number of likely N-dealkylation sites (tertiary alicyclic amines) is 1. The molecule has 2 atom stereocenters. The number of amides is 1. The molecule has 1 aliphatic heterocycles. The average Bonchev–Trinajstić information content (AvgIpc) is 2.33. The van der Waals surface area contributed by atoms with E-state index in [9.17, 15) is 13.2 Å². The number of sulfone groups is 1. The first-order chi connectivity index (χ1) is 9.19. The first-order valence-corrected chi connectivity index (χ1v) is 9.47. The Hall–Kier alpha value is -0.620. The Kier molecular flexibility index (Phi) is 6.45. The van der Waals surface area contributed by atoms with E-state index in [0.29, 0.717) is 11.8 Å². The SMILES string of the molecule is CC(C)C[C@@H]1CCCN(C(=O)[C@@H](N)CCS(C)(=O)=O)C1. The lowest BCUT2D eigenvalue weighted by Crippen LogP contribution is -2.48. The highest BCUT2D eigenvalue weighted by atomic mass is 32.2. The van der Waals surface area contributed by atoms with E-state index < -0.39 is 15.9 Å². The molecule has 0 aromatic heterocycles. The minimum atomic E-state index is -3.06. The fourth-order valence-electron chi connectivity index (χ4n) is 2.82. The lowest BCUT2D eigenvalue weighted by molar-refractivity contribution is -0.134. The van der Waals surface area contributed by atoms with Crippen molar-refractivity contribution in [2.45, 2.75) is 45.6 Å². The maximum Gasteiger partial charge on any atom is 0.239 e. The van der Waals surface area contributed by atoms with Crippen LogP contribution in [-0.4, -0.2) is 50.4 Å². The van der Waals surface area contributed by atoms with Gasteiger partial charge in [-0.2, -0.15) is 0 Å². The molecule has 0 spiro atoms. The Bertz CT molecular complexity index is 420. The van der Waals surface area contributed by atoms with E-state index in [1.165, 1.54) is 12.7 Å². The maximum absolute atomic E-state index is 12.3. The standard InChI is InChI=1S/C14H28N2O3S/c1-11(2)9-12-5-4-7-16(10-12)14(17)13(15)6-8-20(3,18)19/h11-13H,4-10,15H2,1-3H3/t12-,13-/m0/s1. The molecule has 0 saturated carbocycles. The van der Waals surface area contributed by atoms with E-state index in [4.69, 9.17) is 5.73 Å². The molecule has 0 unspecified atom stereocenters. The number of nitrogens with two attached hydrogens (primary N) is 1. The topological polar surface area (TPSA) is 80.5 Å². The number of hydrogen-bond donors (Lipinski definition) is 1. The molecular formula is C14H28N2O3S. The fourth-order valence-corrected chi connectivity index (χ4v) is 3.51. The first kappa shape index (κ1) is 17.4. The molecule has 1 aliphatic rings. The number of carbonyl (C=O) groups excluding carboxylic acids is 1. The number of rotatable bonds is 6. The molecule has 0 aliphatic carbocycles. The number of carbonyl (C=O) groups is 1. The Balaban J connectivity index is 2.49. The van der Waals surface area contributed by atoms with E-state index >= 15 is 0 Å². The van der Waals surface area contributed by atoms with Crippen molar-refractivity contribution in [2.24, 2.45) is 17.6 Å². The summed E-state index contributed by atoms with van der Waals surface area (Å²) in [6.07, 6.45) is 4.69. The second-order valence-electron chi connectivity index (χ2n) is 6.45. The van der Waals surface area contributed by atoms with Crippen LogP contribution in [0, 0.1) is 11.8 Å². The summed E-state index contributed by atoms with van der Waals surface area (Å²) in [6, 6.07) is -0.692. The lowest BCUT2D eigenvalue weighted by atomic mass is 9.89. The van der Waals surface area contributed by atoms with Gasteiger partial charge < -0.3 is 10.6 Å². The average molecular weight is 304 g/mol. The van der Waals surface area contributed by atoms with Crippen molar-refractivity contribution in [3.8, 4) is 0 Å². The normalized spacial score (nSPS) is 22.1. The van der Waals surface area contributed by atoms with Crippen LogP contribution in [0.4, 0.5) is 0 Å². The highest BCUT2D eigenvalue weighted by molar-refractivity contribution is 7.90. The van der Waals surface area contributed by atoms with Crippen LogP contribution in [0.2, 0.25) is 0 Å². The molecular weight excluding hydrogens is 276 g/mol. The molecule has 2 N–H and O–H groups in total. The van der Waals surface area contributed by atoms with Gasteiger partial charge in [-0.3, -0.25) is 4.79 Å². The van der Waals surface area contributed by atoms with E-state index in [1.807, 2.05) is 4.90 Å². The monoisotopic (exact) mass is 304 g/mol. The van der Waals surface area contributed by atoms with Gasteiger partial charge in [0, 0.05) is 19.3 Å². The molecule has 1 fully saturated rings. The van der Waals surface area contributed by atoms with Gasteiger partial charge in [0.05, 0.1) is 11.8 Å². The van der Waals surface area contributed by atoms with Gasteiger partial charge >= 0.3 is 0 Å². The molecule has 0 radical (unpaired) electrons. The second kappa shape index (κ2) is 7.41. The summed E-state index contributed by atoms with van der Waals surface area (Å²) in [5, 5.41) is 0. The van der Waals surface area contributed by atoms with Crippen LogP contribution in [0.5, 0.6) is 0 Å². The third-order valence-electron chi connectivity index (χ3n) is 3.75. The van der Waals surface area contributed by atoms with Crippen molar-refractivity contribution < 1.29 is 13.2 Å². The van der Waals surface area contributed by atoms with Gasteiger partial charge in [0.2, 0.25) is 5.91 Å². The van der Waals surface area contributed by atoms with Crippen molar-refractivity contribution in [3.63, 3.8) is 0 Å². The van der Waals surface area contributed by atoms with Crippen LogP contribution in [0.25, 0.3) is 0 Å². The van der Waals surface area contributed by atoms with Gasteiger partial charge in [-0.05, 0) is 37.5 Å². The van der Waals surface area contributed by atoms with Gasteiger partial charge in [0.15, 0.2) is 0 Å². The molecule has 0 bridgehead atoms. The van der Waals surface area contributed by atoms with Gasteiger partial charge in [-0.1, -0.05) is 13.8 Å². The van der Waals surface area contributed by atoms with Gasteiger partial charge in [-0.25, -0.2) is 8.42 Å². The summed E-state index contributed by atoms with van der Waals surface area (Å²) in [5.41, 5.74) is 5.85. The van der Waals surface area contributed by atoms with Crippen LogP contribution < -0.4 is 5.73 Å². The third-order valence-corrected chi connectivity index (χ3v) is 4.73. The zero-order chi connectivity index (χ0) is 15.3. The van der Waals surface area contributed by atoms with Crippen LogP contribution in [0.1, 0.15) is 39.5 Å². The minimum absolute atomic E-state index is 0.0246. The summed E-state index contributed by atoms with van der Waals surface area (Å²) in [5.74, 6) is 1.06. The van der Waals surface area contributed by atoms with E-state index in [-0.39, 0.29) is 18.1 Å². The van der Waals surface area contributed by atoms with Crippen molar-refractivity contribution in [1.82, 2.24) is 4.90 Å². The molecule has 118 valence electrons. The predicted molar refractivity (Wildman–Crippen MR) is 81.1 cm³/mol. The molecule has 1 heterocycles. The highest BCUT2D eigenvalue weighted by Crippen LogP contribution is 2.23. The third kappa shape index (κ3) is 6.22. The fraction of sp³-hybridized carbons (Fsp3) is 0.929. The molecule has 0 aromatic carbocycles. The smallest absolute Gasteiger partial charge is 0.239 e. The van der Waals surface area contributed by atoms with Gasteiger partial charge in [0.25, 0.3) is 0 Å². The molecule has 6 heteroatoms. The molecule has 1 rings (SSSR count).